The number of rotatable bonds is 5. The van der Waals surface area contributed by atoms with E-state index in [1.54, 1.807) is 6.07 Å². The molecule has 0 unspecified atom stereocenters. The molecule has 1 atom stereocenters. The largest absolute Gasteiger partial charge is 0.346 e. The van der Waals surface area contributed by atoms with Gasteiger partial charge in [-0.05, 0) is 34.9 Å². The number of aryl methyl sites for hydroxylation is 1. The van der Waals surface area contributed by atoms with Gasteiger partial charge in [0.1, 0.15) is 5.78 Å². The summed E-state index contributed by atoms with van der Waals surface area (Å²) in [6.07, 6.45) is 0. The molecule has 0 bridgehead atoms. The van der Waals surface area contributed by atoms with Crippen molar-refractivity contribution in [2.75, 3.05) is 0 Å². The van der Waals surface area contributed by atoms with Gasteiger partial charge in [-0.3, -0.25) is 9.88 Å². The Labute approximate surface area is 141 Å². The maximum Gasteiger partial charge on any atom is 0.346 e. The van der Waals surface area contributed by atoms with Crippen LogP contribution in [0.4, 0.5) is 0 Å². The molecule has 3 rings (SSSR count). The number of fused-ring (bicyclic) bond motifs is 1. The first-order chi connectivity index (χ1) is 11.4. The van der Waals surface area contributed by atoms with Crippen LogP contribution in [0.15, 0.2) is 66.7 Å². The molecule has 0 heterocycles. The molecule has 0 amide bonds. The molecule has 0 aromatic heterocycles. The van der Waals surface area contributed by atoms with E-state index in [0.29, 0.717) is 12.1 Å². The highest BCUT2D eigenvalue weighted by atomic mass is 31.2. The normalized spacial score (nSPS) is 13.1. The molecule has 0 aliphatic carbocycles. The number of nitrogens with one attached hydrogen (secondary N) is 1. The van der Waals surface area contributed by atoms with Crippen LogP contribution in [0.25, 0.3) is 10.8 Å². The summed E-state index contributed by atoms with van der Waals surface area (Å²) in [7, 11) is -4.33. The van der Waals surface area contributed by atoms with Crippen molar-refractivity contribution in [1.82, 2.24) is 5.32 Å². The Balaban J connectivity index is 1.87. The lowest BCUT2D eigenvalue weighted by molar-refractivity contribution is 0.347. The van der Waals surface area contributed by atoms with Crippen molar-refractivity contribution in [3.05, 3.63) is 83.4 Å². The summed E-state index contributed by atoms with van der Waals surface area (Å²) >= 11 is 0. The van der Waals surface area contributed by atoms with Crippen LogP contribution in [-0.2, 0) is 11.1 Å². The quantitative estimate of drug-likeness (QED) is 0.611. The first-order valence-electron chi connectivity index (χ1n) is 7.76. The summed E-state index contributed by atoms with van der Waals surface area (Å²) < 4.78 is 12.0. The summed E-state index contributed by atoms with van der Waals surface area (Å²) in [5.41, 5.74) is 2.73. The molecular weight excluding hydrogens is 321 g/mol. The summed E-state index contributed by atoms with van der Waals surface area (Å²) in [6, 6.07) is 21.2. The molecule has 0 aliphatic rings. The van der Waals surface area contributed by atoms with Gasteiger partial charge in [-0.15, -0.1) is 0 Å². The van der Waals surface area contributed by atoms with Crippen molar-refractivity contribution >= 4 is 18.4 Å². The van der Waals surface area contributed by atoms with Crippen LogP contribution in [0.1, 0.15) is 22.5 Å². The molecular formula is C19H20NO3P. The zero-order valence-corrected chi connectivity index (χ0v) is 14.3. The number of hydrogen-bond donors (Lipinski definition) is 3. The Hall–Kier alpha value is -1.97. The summed E-state index contributed by atoms with van der Waals surface area (Å²) in [5, 5.41) is 5.02. The Morgan fingerprint density at radius 2 is 1.62 bits per heavy atom. The van der Waals surface area contributed by atoms with Crippen LogP contribution in [0.5, 0.6) is 0 Å². The molecule has 3 N–H and O–H groups in total. The standard InChI is InChI=1S/C19H20NO3P/c1-14-6-8-15(9-7-14)13-20-19(24(21,22)23)18-11-10-16-4-2-3-5-17(16)12-18/h2-12,19-20H,13H2,1H3,(H2,21,22,23)/t19-/m1/s1. The van der Waals surface area contributed by atoms with Gasteiger partial charge in [0.25, 0.3) is 0 Å². The van der Waals surface area contributed by atoms with Crippen LogP contribution in [-0.4, -0.2) is 9.79 Å². The summed E-state index contributed by atoms with van der Waals surface area (Å²) in [4.78, 5) is 19.5. The minimum atomic E-state index is -4.33. The fraction of sp³-hybridized carbons (Fsp3) is 0.158. The first-order valence-corrected chi connectivity index (χ1v) is 9.44. The molecule has 24 heavy (non-hydrogen) atoms. The van der Waals surface area contributed by atoms with Gasteiger partial charge in [0.05, 0.1) is 0 Å². The maximum atomic E-state index is 12.0. The Morgan fingerprint density at radius 3 is 2.29 bits per heavy atom. The monoisotopic (exact) mass is 341 g/mol. The van der Waals surface area contributed by atoms with Gasteiger partial charge in [0.15, 0.2) is 0 Å². The smallest absolute Gasteiger partial charge is 0.323 e. The SMILES string of the molecule is Cc1ccc(CN[C@@H](c2ccc3ccccc3c2)P(=O)(O)O)cc1. The van der Waals surface area contributed by atoms with Crippen molar-refractivity contribution in [2.24, 2.45) is 0 Å². The third-order valence-electron chi connectivity index (χ3n) is 4.05. The highest BCUT2D eigenvalue weighted by Crippen LogP contribution is 2.50. The van der Waals surface area contributed by atoms with Crippen molar-refractivity contribution in [3.63, 3.8) is 0 Å². The third kappa shape index (κ3) is 3.92. The zero-order valence-electron chi connectivity index (χ0n) is 13.4. The van der Waals surface area contributed by atoms with Gasteiger partial charge in [-0.25, -0.2) is 0 Å². The Kier molecular flexibility index (Phi) is 4.83. The molecule has 5 heteroatoms. The molecule has 3 aromatic carbocycles. The zero-order chi connectivity index (χ0) is 17.2. The van der Waals surface area contributed by atoms with Gasteiger partial charge in [0.2, 0.25) is 0 Å². The van der Waals surface area contributed by atoms with Gasteiger partial charge in [-0.1, -0.05) is 66.2 Å². The fourth-order valence-corrected chi connectivity index (χ4v) is 3.61. The molecule has 0 aliphatic heterocycles. The second kappa shape index (κ2) is 6.88. The lowest BCUT2D eigenvalue weighted by atomic mass is 10.1. The predicted octanol–water partition coefficient (Wildman–Crippen LogP) is 4.11. The van der Waals surface area contributed by atoms with E-state index in [4.69, 9.17) is 0 Å². The predicted molar refractivity (Wildman–Crippen MR) is 96.8 cm³/mol. The van der Waals surface area contributed by atoms with Crippen LogP contribution in [0.3, 0.4) is 0 Å². The topological polar surface area (TPSA) is 69.6 Å². The molecule has 0 spiro atoms. The van der Waals surface area contributed by atoms with Gasteiger partial charge < -0.3 is 9.79 Å². The van der Waals surface area contributed by atoms with E-state index in [1.807, 2.05) is 67.6 Å². The summed E-state index contributed by atoms with van der Waals surface area (Å²) in [6.45, 7) is 2.40. The Morgan fingerprint density at radius 1 is 0.958 bits per heavy atom. The molecule has 0 fully saturated rings. The van der Waals surface area contributed by atoms with E-state index in [-0.39, 0.29) is 0 Å². The molecule has 124 valence electrons. The van der Waals surface area contributed by atoms with Crippen LogP contribution in [0, 0.1) is 6.92 Å². The van der Waals surface area contributed by atoms with E-state index in [9.17, 15) is 14.4 Å². The highest BCUT2D eigenvalue weighted by Gasteiger charge is 2.30. The van der Waals surface area contributed by atoms with E-state index >= 15 is 0 Å². The van der Waals surface area contributed by atoms with E-state index in [2.05, 4.69) is 5.32 Å². The van der Waals surface area contributed by atoms with Gasteiger partial charge >= 0.3 is 7.60 Å². The van der Waals surface area contributed by atoms with Crippen molar-refractivity contribution in [3.8, 4) is 0 Å². The second-order valence-electron chi connectivity index (χ2n) is 5.96. The fourth-order valence-electron chi connectivity index (χ4n) is 2.73. The van der Waals surface area contributed by atoms with Crippen LogP contribution < -0.4 is 5.32 Å². The summed E-state index contributed by atoms with van der Waals surface area (Å²) in [5.74, 6) is -1.02. The van der Waals surface area contributed by atoms with Crippen molar-refractivity contribution < 1.29 is 14.4 Å². The lowest BCUT2D eigenvalue weighted by Crippen LogP contribution is -2.21. The number of benzene rings is 3. The maximum absolute atomic E-state index is 12.0. The molecule has 4 nitrogen and oxygen atoms in total. The Bertz CT molecular complexity index is 887. The molecule has 0 radical (unpaired) electrons. The molecule has 3 aromatic rings. The third-order valence-corrected chi connectivity index (χ3v) is 5.20. The minimum absolute atomic E-state index is 0.392. The van der Waals surface area contributed by atoms with Crippen molar-refractivity contribution in [1.29, 1.82) is 0 Å². The molecule has 0 saturated carbocycles. The second-order valence-corrected chi connectivity index (χ2v) is 7.66. The van der Waals surface area contributed by atoms with Crippen LogP contribution in [0.2, 0.25) is 0 Å². The van der Waals surface area contributed by atoms with Crippen LogP contribution >= 0.6 is 7.60 Å². The number of hydrogen-bond acceptors (Lipinski definition) is 2. The van der Waals surface area contributed by atoms with E-state index in [1.165, 1.54) is 0 Å². The minimum Gasteiger partial charge on any atom is -0.323 e. The van der Waals surface area contributed by atoms with Gasteiger partial charge in [-0.2, -0.15) is 0 Å². The first kappa shape index (κ1) is 16.9. The van der Waals surface area contributed by atoms with E-state index < -0.39 is 13.4 Å². The lowest BCUT2D eigenvalue weighted by Gasteiger charge is -2.21. The average molecular weight is 341 g/mol. The highest BCUT2D eigenvalue weighted by molar-refractivity contribution is 7.52. The van der Waals surface area contributed by atoms with Crippen molar-refractivity contribution in [2.45, 2.75) is 19.3 Å². The molecule has 0 saturated heterocycles. The van der Waals surface area contributed by atoms with Gasteiger partial charge in [0, 0.05) is 6.54 Å². The van der Waals surface area contributed by atoms with E-state index in [0.717, 1.165) is 21.9 Å². The average Bonchev–Trinajstić information content (AvgIpc) is 2.55.